The van der Waals surface area contributed by atoms with Gasteiger partial charge in [-0.1, -0.05) is 30.3 Å². The maximum Gasteiger partial charge on any atom is 0.331 e. The van der Waals surface area contributed by atoms with Crippen LogP contribution in [-0.2, 0) is 9.53 Å². The summed E-state index contributed by atoms with van der Waals surface area (Å²) in [6.07, 6.45) is 11.4. The molecule has 0 unspecified atom stereocenters. The van der Waals surface area contributed by atoms with Gasteiger partial charge >= 0.3 is 5.97 Å². The van der Waals surface area contributed by atoms with Crippen LogP contribution in [0.5, 0.6) is 0 Å². The molecule has 2 heteroatoms. The van der Waals surface area contributed by atoms with Crippen molar-refractivity contribution < 1.29 is 9.53 Å². The van der Waals surface area contributed by atoms with Crippen LogP contribution in [0, 0.1) is 23.2 Å². The molecule has 2 nitrogen and oxygen atoms in total. The summed E-state index contributed by atoms with van der Waals surface area (Å²) < 4.78 is 6.02. The van der Waals surface area contributed by atoms with Crippen LogP contribution in [-0.4, -0.2) is 11.6 Å². The van der Waals surface area contributed by atoms with Crippen LogP contribution >= 0.6 is 0 Å². The van der Waals surface area contributed by atoms with E-state index in [1.54, 1.807) is 6.08 Å². The Morgan fingerprint density at radius 2 is 1.58 bits per heavy atom. The van der Waals surface area contributed by atoms with E-state index in [2.05, 4.69) is 13.8 Å². The van der Waals surface area contributed by atoms with Gasteiger partial charge in [-0.15, -0.1) is 0 Å². The molecule has 0 radical (unpaired) electrons. The van der Waals surface area contributed by atoms with E-state index in [-0.39, 0.29) is 17.0 Å². The predicted octanol–water partition coefficient (Wildman–Crippen LogP) is 5.24. The summed E-state index contributed by atoms with van der Waals surface area (Å²) in [6, 6.07) is 9.92. The summed E-state index contributed by atoms with van der Waals surface area (Å²) in [4.78, 5) is 12.4. The van der Waals surface area contributed by atoms with E-state index < -0.39 is 0 Å². The fraction of sp³-hybridized carbons (Fsp3) is 0.591. The van der Waals surface area contributed by atoms with Crippen LogP contribution in [0.25, 0.3) is 6.08 Å². The minimum atomic E-state index is -0.374. The molecular formula is C22H28O2. The first-order valence-electron chi connectivity index (χ1n) is 9.42. The number of esters is 1. The molecule has 4 aliphatic carbocycles. The number of benzene rings is 1. The van der Waals surface area contributed by atoms with Crippen molar-refractivity contribution >= 4 is 12.0 Å². The molecule has 5 rings (SSSR count). The fourth-order valence-corrected chi connectivity index (χ4v) is 5.97. The highest BCUT2D eigenvalue weighted by molar-refractivity contribution is 5.87. The molecule has 4 fully saturated rings. The van der Waals surface area contributed by atoms with Gasteiger partial charge in [0.1, 0.15) is 5.60 Å². The maximum absolute atomic E-state index is 12.4. The molecule has 1 aromatic rings. The van der Waals surface area contributed by atoms with Crippen LogP contribution in [0.15, 0.2) is 36.4 Å². The Morgan fingerprint density at radius 1 is 1.04 bits per heavy atom. The zero-order chi connectivity index (χ0) is 16.8. The van der Waals surface area contributed by atoms with E-state index in [1.165, 1.54) is 38.5 Å². The Balaban J connectivity index is 1.47. The van der Waals surface area contributed by atoms with Crippen LogP contribution < -0.4 is 0 Å². The van der Waals surface area contributed by atoms with Gasteiger partial charge in [0.2, 0.25) is 0 Å². The minimum Gasteiger partial charge on any atom is -0.456 e. The molecule has 0 aliphatic heterocycles. The van der Waals surface area contributed by atoms with E-state index in [0.717, 1.165) is 23.3 Å². The molecular weight excluding hydrogens is 296 g/mol. The number of rotatable bonds is 4. The van der Waals surface area contributed by atoms with Gasteiger partial charge < -0.3 is 4.74 Å². The predicted molar refractivity (Wildman–Crippen MR) is 96.3 cm³/mol. The molecule has 0 saturated heterocycles. The number of hydrogen-bond donors (Lipinski definition) is 0. The summed E-state index contributed by atoms with van der Waals surface area (Å²) in [5.41, 5.74) is 0.862. The van der Waals surface area contributed by atoms with E-state index in [1.807, 2.05) is 36.4 Å². The maximum atomic E-state index is 12.4. The summed E-state index contributed by atoms with van der Waals surface area (Å²) in [5.74, 6) is 2.40. The lowest BCUT2D eigenvalue weighted by Gasteiger charge is -2.61. The summed E-state index contributed by atoms with van der Waals surface area (Å²) in [6.45, 7) is 4.29. The number of hydrogen-bond acceptors (Lipinski definition) is 2. The second kappa shape index (κ2) is 5.75. The van der Waals surface area contributed by atoms with Crippen molar-refractivity contribution in [3.05, 3.63) is 42.0 Å². The van der Waals surface area contributed by atoms with Gasteiger partial charge in [0.15, 0.2) is 0 Å². The Hall–Kier alpha value is -1.57. The minimum absolute atomic E-state index is 0.206. The molecule has 0 aromatic heterocycles. The topological polar surface area (TPSA) is 26.3 Å². The van der Waals surface area contributed by atoms with Crippen LogP contribution in [0.3, 0.4) is 0 Å². The first-order valence-corrected chi connectivity index (χ1v) is 9.42. The molecule has 0 atom stereocenters. The molecule has 4 saturated carbocycles. The number of carbonyl (C=O) groups excluding carboxylic acids is 1. The smallest absolute Gasteiger partial charge is 0.331 e. The van der Waals surface area contributed by atoms with E-state index >= 15 is 0 Å². The van der Waals surface area contributed by atoms with Crippen molar-refractivity contribution in [2.45, 2.75) is 58.0 Å². The van der Waals surface area contributed by atoms with Gasteiger partial charge in [-0.3, -0.25) is 0 Å². The normalized spacial score (nSPS) is 34.7. The molecule has 0 spiro atoms. The van der Waals surface area contributed by atoms with Crippen molar-refractivity contribution in [1.29, 1.82) is 0 Å². The molecule has 4 bridgehead atoms. The third-order valence-electron chi connectivity index (χ3n) is 6.88. The summed E-state index contributed by atoms with van der Waals surface area (Å²) in [5, 5.41) is 0. The van der Waals surface area contributed by atoms with Crippen molar-refractivity contribution in [2.24, 2.45) is 23.2 Å². The average Bonchev–Trinajstić information content (AvgIpc) is 2.52. The average molecular weight is 324 g/mol. The van der Waals surface area contributed by atoms with Gasteiger partial charge in [0.25, 0.3) is 0 Å². The third-order valence-corrected chi connectivity index (χ3v) is 6.88. The summed E-state index contributed by atoms with van der Waals surface area (Å²) in [7, 11) is 0. The van der Waals surface area contributed by atoms with Gasteiger partial charge in [0.05, 0.1) is 0 Å². The highest BCUT2D eigenvalue weighted by atomic mass is 16.6. The molecule has 0 N–H and O–H groups in total. The first kappa shape index (κ1) is 15.9. The second-order valence-corrected chi connectivity index (χ2v) is 8.87. The quantitative estimate of drug-likeness (QED) is 0.559. The van der Waals surface area contributed by atoms with Gasteiger partial charge in [-0.25, -0.2) is 4.79 Å². The lowest BCUT2D eigenvalue weighted by Crippen LogP contribution is -2.57. The Bertz CT molecular complexity index is 606. The van der Waals surface area contributed by atoms with Crippen LogP contribution in [0.1, 0.15) is 57.9 Å². The highest BCUT2D eigenvalue weighted by Crippen LogP contribution is 2.64. The first-order chi connectivity index (χ1) is 11.5. The molecule has 24 heavy (non-hydrogen) atoms. The number of ether oxygens (including phenoxy) is 1. The Morgan fingerprint density at radius 3 is 2.12 bits per heavy atom. The van der Waals surface area contributed by atoms with Crippen LogP contribution in [0.2, 0.25) is 0 Å². The number of carbonyl (C=O) groups is 1. The zero-order valence-electron chi connectivity index (χ0n) is 14.8. The SMILES string of the molecule is CC(C)(OC(=O)/C=C/c1ccccc1)C12CC3CC(CC(C3)C1)C2. The molecule has 0 heterocycles. The molecule has 128 valence electrons. The van der Waals surface area contributed by atoms with Crippen molar-refractivity contribution in [2.75, 3.05) is 0 Å². The Kier molecular flexibility index (Phi) is 3.82. The van der Waals surface area contributed by atoms with E-state index in [4.69, 9.17) is 4.74 Å². The summed E-state index contributed by atoms with van der Waals surface area (Å²) >= 11 is 0. The second-order valence-electron chi connectivity index (χ2n) is 8.87. The van der Waals surface area contributed by atoms with Gasteiger partial charge in [0, 0.05) is 11.5 Å². The van der Waals surface area contributed by atoms with Crippen LogP contribution in [0.4, 0.5) is 0 Å². The molecule has 4 aliphatic rings. The zero-order valence-corrected chi connectivity index (χ0v) is 14.8. The van der Waals surface area contributed by atoms with Crippen molar-refractivity contribution in [3.8, 4) is 0 Å². The largest absolute Gasteiger partial charge is 0.456 e. The third kappa shape index (κ3) is 2.81. The lowest BCUT2D eigenvalue weighted by molar-refractivity contribution is -0.194. The monoisotopic (exact) mass is 324 g/mol. The van der Waals surface area contributed by atoms with E-state index in [0.29, 0.717) is 0 Å². The fourth-order valence-electron chi connectivity index (χ4n) is 5.97. The standard InChI is InChI=1S/C22H28O2/c1-21(2,24-20(23)9-8-16-6-4-3-5-7-16)22-13-17-10-18(14-22)12-19(11-17)15-22/h3-9,17-19H,10-15H2,1-2H3/b9-8+. The molecule has 1 aromatic carbocycles. The molecule has 0 amide bonds. The van der Waals surface area contributed by atoms with Gasteiger partial charge in [-0.05, 0) is 81.8 Å². The Labute approximate surface area is 145 Å². The highest BCUT2D eigenvalue weighted by Gasteiger charge is 2.58. The van der Waals surface area contributed by atoms with Gasteiger partial charge in [-0.2, -0.15) is 0 Å². The van der Waals surface area contributed by atoms with Crippen molar-refractivity contribution in [3.63, 3.8) is 0 Å². The van der Waals surface area contributed by atoms with E-state index in [9.17, 15) is 4.79 Å². The lowest BCUT2D eigenvalue weighted by atomic mass is 9.46. The van der Waals surface area contributed by atoms with Crippen molar-refractivity contribution in [1.82, 2.24) is 0 Å².